The van der Waals surface area contributed by atoms with Crippen LogP contribution in [-0.4, -0.2) is 36.8 Å². The fourth-order valence-corrected chi connectivity index (χ4v) is 4.15. The maximum Gasteiger partial charge on any atom is 0.303 e. The van der Waals surface area contributed by atoms with Crippen molar-refractivity contribution in [2.24, 2.45) is 0 Å². The van der Waals surface area contributed by atoms with Crippen LogP contribution >= 0.6 is 0 Å². The Hall–Kier alpha value is -3.28. The zero-order chi connectivity index (χ0) is 22.0. The van der Waals surface area contributed by atoms with Crippen LogP contribution in [0, 0.1) is 6.92 Å². The van der Waals surface area contributed by atoms with Crippen molar-refractivity contribution in [1.82, 2.24) is 4.98 Å². The van der Waals surface area contributed by atoms with Gasteiger partial charge in [-0.05, 0) is 73.2 Å². The summed E-state index contributed by atoms with van der Waals surface area (Å²) in [6.07, 6.45) is 2.65. The Morgan fingerprint density at radius 1 is 1.23 bits per heavy atom. The van der Waals surface area contributed by atoms with E-state index in [-0.39, 0.29) is 12.3 Å². The van der Waals surface area contributed by atoms with E-state index in [0.717, 1.165) is 46.9 Å². The number of benzene rings is 2. The summed E-state index contributed by atoms with van der Waals surface area (Å²) in [5.74, 6) is 1.62. The standard InChI is InChI=1S/C25H28N2O4/c1-16-23(26-25(31-16)17-6-8-20(9-7-17)27(2)3)12-13-30-21-10-11-22-18(14-21)4-5-19(22)15-24(28)29/h6-11,14,19H,4-5,12-13,15H2,1-3H3,(H,28,29)/t19-/m0/s1. The van der Waals surface area contributed by atoms with E-state index < -0.39 is 5.97 Å². The predicted molar refractivity (Wildman–Crippen MR) is 120 cm³/mol. The van der Waals surface area contributed by atoms with Gasteiger partial charge in [0.15, 0.2) is 0 Å². The lowest BCUT2D eigenvalue weighted by molar-refractivity contribution is -0.137. The average molecular weight is 421 g/mol. The Balaban J connectivity index is 1.37. The minimum Gasteiger partial charge on any atom is -0.493 e. The van der Waals surface area contributed by atoms with Crippen LogP contribution in [0.1, 0.15) is 41.3 Å². The summed E-state index contributed by atoms with van der Waals surface area (Å²) in [5, 5.41) is 9.07. The van der Waals surface area contributed by atoms with E-state index in [2.05, 4.69) is 9.88 Å². The molecule has 1 aromatic heterocycles. The van der Waals surface area contributed by atoms with Crippen molar-refractivity contribution < 1.29 is 19.1 Å². The maximum absolute atomic E-state index is 11.0. The van der Waals surface area contributed by atoms with Crippen molar-refractivity contribution in [3.05, 3.63) is 65.0 Å². The third-order valence-electron chi connectivity index (χ3n) is 5.87. The molecule has 0 amide bonds. The summed E-state index contributed by atoms with van der Waals surface area (Å²) in [5.41, 5.74) is 5.32. The Kier molecular flexibility index (Phi) is 5.98. The molecule has 6 heteroatoms. The second-order valence-corrected chi connectivity index (χ2v) is 8.26. The first kappa shape index (κ1) is 21.0. The quantitative estimate of drug-likeness (QED) is 0.562. The second-order valence-electron chi connectivity index (χ2n) is 8.26. The van der Waals surface area contributed by atoms with E-state index in [1.165, 1.54) is 5.56 Å². The lowest BCUT2D eigenvalue weighted by Crippen LogP contribution is -2.07. The third-order valence-corrected chi connectivity index (χ3v) is 5.87. The molecule has 0 unspecified atom stereocenters. The van der Waals surface area contributed by atoms with E-state index in [1.54, 1.807) is 0 Å². The highest BCUT2D eigenvalue weighted by molar-refractivity contribution is 5.68. The van der Waals surface area contributed by atoms with Gasteiger partial charge in [-0.25, -0.2) is 4.98 Å². The lowest BCUT2D eigenvalue weighted by Gasteiger charge is -2.11. The Morgan fingerprint density at radius 3 is 2.71 bits per heavy atom. The average Bonchev–Trinajstić information content (AvgIpc) is 3.31. The van der Waals surface area contributed by atoms with Gasteiger partial charge in [0.2, 0.25) is 5.89 Å². The van der Waals surface area contributed by atoms with E-state index in [1.807, 2.05) is 63.5 Å². The molecule has 0 bridgehead atoms. The van der Waals surface area contributed by atoms with Crippen molar-refractivity contribution >= 4 is 11.7 Å². The van der Waals surface area contributed by atoms with Crippen LogP contribution in [0.3, 0.4) is 0 Å². The lowest BCUT2D eigenvalue weighted by atomic mass is 9.98. The fraction of sp³-hybridized carbons (Fsp3) is 0.360. The molecule has 1 atom stereocenters. The molecule has 31 heavy (non-hydrogen) atoms. The van der Waals surface area contributed by atoms with Gasteiger partial charge in [0.05, 0.1) is 18.7 Å². The summed E-state index contributed by atoms with van der Waals surface area (Å²) in [6, 6.07) is 14.1. The van der Waals surface area contributed by atoms with Crippen molar-refractivity contribution in [3.8, 4) is 17.2 Å². The van der Waals surface area contributed by atoms with Gasteiger partial charge < -0.3 is 19.2 Å². The molecule has 0 radical (unpaired) electrons. The number of anilines is 1. The molecule has 1 N–H and O–H groups in total. The van der Waals surface area contributed by atoms with Gasteiger partial charge in [-0.2, -0.15) is 0 Å². The summed E-state index contributed by atoms with van der Waals surface area (Å²) in [6.45, 7) is 2.43. The molecule has 1 heterocycles. The van der Waals surface area contributed by atoms with Crippen molar-refractivity contribution in [1.29, 1.82) is 0 Å². The van der Waals surface area contributed by atoms with Gasteiger partial charge in [0.1, 0.15) is 11.5 Å². The number of carboxylic acid groups (broad SMARTS) is 1. The molecule has 0 saturated carbocycles. The van der Waals surface area contributed by atoms with E-state index in [0.29, 0.717) is 18.9 Å². The molecule has 0 spiro atoms. The number of aliphatic carboxylic acids is 1. The van der Waals surface area contributed by atoms with Crippen LogP contribution in [-0.2, 0) is 17.6 Å². The zero-order valence-electron chi connectivity index (χ0n) is 18.2. The number of carboxylic acids is 1. The van der Waals surface area contributed by atoms with Gasteiger partial charge >= 0.3 is 5.97 Å². The van der Waals surface area contributed by atoms with Crippen LogP contribution in [0.2, 0.25) is 0 Å². The maximum atomic E-state index is 11.0. The smallest absolute Gasteiger partial charge is 0.303 e. The number of nitrogens with zero attached hydrogens (tertiary/aromatic N) is 2. The number of fused-ring (bicyclic) bond motifs is 1. The number of hydrogen-bond acceptors (Lipinski definition) is 5. The molecule has 6 nitrogen and oxygen atoms in total. The molecular weight excluding hydrogens is 392 g/mol. The first-order chi connectivity index (χ1) is 14.9. The van der Waals surface area contributed by atoms with Crippen molar-refractivity contribution in [3.63, 3.8) is 0 Å². The number of ether oxygens (including phenoxy) is 1. The molecule has 2 aromatic carbocycles. The van der Waals surface area contributed by atoms with Crippen LogP contribution < -0.4 is 9.64 Å². The molecule has 1 aliphatic carbocycles. The fourth-order valence-electron chi connectivity index (χ4n) is 4.15. The second kappa shape index (κ2) is 8.84. The molecule has 1 aliphatic rings. The van der Waals surface area contributed by atoms with Gasteiger partial charge in [0.25, 0.3) is 0 Å². The summed E-state index contributed by atoms with van der Waals surface area (Å²) >= 11 is 0. The SMILES string of the molecule is Cc1oc(-c2ccc(N(C)C)cc2)nc1CCOc1ccc2c(c1)CC[C@H]2CC(=O)O. The van der Waals surface area contributed by atoms with Gasteiger partial charge in [-0.3, -0.25) is 4.79 Å². The van der Waals surface area contributed by atoms with Gasteiger partial charge in [-0.1, -0.05) is 6.07 Å². The van der Waals surface area contributed by atoms with Crippen LogP contribution in [0.25, 0.3) is 11.5 Å². The van der Waals surface area contributed by atoms with E-state index in [4.69, 9.17) is 14.3 Å². The van der Waals surface area contributed by atoms with Gasteiger partial charge in [0, 0.05) is 31.8 Å². The number of hydrogen-bond donors (Lipinski definition) is 1. The predicted octanol–water partition coefficient (Wildman–Crippen LogP) is 4.84. The van der Waals surface area contributed by atoms with Crippen molar-refractivity contribution in [2.45, 2.75) is 38.5 Å². The number of aromatic nitrogens is 1. The molecular formula is C25H28N2O4. The number of rotatable bonds is 8. The summed E-state index contributed by atoms with van der Waals surface area (Å²) in [7, 11) is 4.02. The van der Waals surface area contributed by atoms with E-state index >= 15 is 0 Å². The molecule has 4 rings (SSSR count). The summed E-state index contributed by atoms with van der Waals surface area (Å²) < 4.78 is 11.8. The van der Waals surface area contributed by atoms with Crippen molar-refractivity contribution in [2.75, 3.05) is 25.6 Å². The molecule has 0 fully saturated rings. The molecule has 0 aliphatic heterocycles. The monoisotopic (exact) mass is 420 g/mol. The minimum atomic E-state index is -0.742. The van der Waals surface area contributed by atoms with Gasteiger partial charge in [-0.15, -0.1) is 0 Å². The first-order valence-electron chi connectivity index (χ1n) is 10.6. The Bertz CT molecular complexity index is 1070. The minimum absolute atomic E-state index is 0.115. The largest absolute Gasteiger partial charge is 0.493 e. The topological polar surface area (TPSA) is 75.8 Å². The highest BCUT2D eigenvalue weighted by Gasteiger charge is 2.25. The van der Waals surface area contributed by atoms with E-state index in [9.17, 15) is 4.79 Å². The molecule has 162 valence electrons. The number of oxazole rings is 1. The number of carbonyl (C=O) groups is 1. The highest BCUT2D eigenvalue weighted by atomic mass is 16.5. The Morgan fingerprint density at radius 2 is 2.00 bits per heavy atom. The third kappa shape index (κ3) is 4.74. The van der Waals surface area contributed by atoms with Crippen LogP contribution in [0.4, 0.5) is 5.69 Å². The molecule has 0 saturated heterocycles. The first-order valence-corrected chi connectivity index (χ1v) is 10.6. The van der Waals surface area contributed by atoms with Crippen LogP contribution in [0.5, 0.6) is 5.75 Å². The summed E-state index contributed by atoms with van der Waals surface area (Å²) in [4.78, 5) is 17.7. The zero-order valence-corrected chi connectivity index (χ0v) is 18.2. The highest BCUT2D eigenvalue weighted by Crippen LogP contribution is 2.37. The number of aryl methyl sites for hydroxylation is 2. The van der Waals surface area contributed by atoms with Crippen LogP contribution in [0.15, 0.2) is 46.9 Å². The normalized spacial score (nSPS) is 15.0. The molecule has 3 aromatic rings. The Labute approximate surface area is 182 Å².